The molecule has 6 nitrogen and oxygen atoms in total. The van der Waals surface area contributed by atoms with Crippen molar-refractivity contribution in [1.82, 2.24) is 5.32 Å². The van der Waals surface area contributed by atoms with Crippen molar-refractivity contribution >= 4 is 46.5 Å². The van der Waals surface area contributed by atoms with Gasteiger partial charge in [-0.2, -0.15) is 0 Å². The molecule has 0 spiro atoms. The van der Waals surface area contributed by atoms with E-state index in [9.17, 15) is 14.0 Å². The van der Waals surface area contributed by atoms with Crippen molar-refractivity contribution in [2.75, 3.05) is 28.6 Å². The molecule has 2 aliphatic rings. The molecule has 0 aliphatic carbocycles. The third kappa shape index (κ3) is 4.46. The van der Waals surface area contributed by atoms with Gasteiger partial charge in [-0.15, -0.1) is 23.1 Å². The van der Waals surface area contributed by atoms with Gasteiger partial charge < -0.3 is 15.0 Å². The Labute approximate surface area is 175 Å². The van der Waals surface area contributed by atoms with Crippen molar-refractivity contribution in [2.45, 2.75) is 6.10 Å². The van der Waals surface area contributed by atoms with Gasteiger partial charge >= 0.3 is 6.09 Å². The van der Waals surface area contributed by atoms with Crippen LogP contribution in [0.1, 0.15) is 9.67 Å². The molecule has 1 N–H and O–H groups in total. The normalized spacial score (nSPS) is 18.7. The molecule has 0 radical (unpaired) electrons. The predicted octanol–water partition coefficient (Wildman–Crippen LogP) is 4.18. The van der Waals surface area contributed by atoms with Crippen LogP contribution in [0.25, 0.3) is 0 Å². The molecule has 0 unspecified atom stereocenters. The van der Waals surface area contributed by atoms with Crippen LogP contribution in [-0.4, -0.2) is 36.9 Å². The van der Waals surface area contributed by atoms with Gasteiger partial charge in [-0.3, -0.25) is 9.69 Å². The van der Waals surface area contributed by atoms with Gasteiger partial charge in [-0.1, -0.05) is 12.1 Å². The number of carbonyl (C=O) groups is 2. The summed E-state index contributed by atoms with van der Waals surface area (Å²) in [6.45, 7) is 0.434. The van der Waals surface area contributed by atoms with Crippen LogP contribution in [0.4, 0.5) is 20.6 Å². The molecule has 3 heterocycles. The maximum Gasteiger partial charge on any atom is 0.414 e. The number of nitrogens with zero attached hydrogens (tertiary/aromatic N) is 2. The first-order chi connectivity index (χ1) is 14.1. The van der Waals surface area contributed by atoms with Crippen molar-refractivity contribution in [2.24, 2.45) is 0 Å². The number of hydrogen-bond donors (Lipinski definition) is 1. The summed E-state index contributed by atoms with van der Waals surface area (Å²) in [5, 5.41) is 6.48. The van der Waals surface area contributed by atoms with Crippen molar-refractivity contribution in [3.63, 3.8) is 0 Å². The second kappa shape index (κ2) is 8.71. The van der Waals surface area contributed by atoms with Crippen molar-refractivity contribution in [3.8, 4) is 0 Å². The molecule has 1 aromatic carbocycles. The van der Waals surface area contributed by atoms with Crippen LogP contribution in [0.2, 0.25) is 0 Å². The Morgan fingerprint density at radius 1 is 1.31 bits per heavy atom. The highest BCUT2D eigenvalue weighted by atomic mass is 32.2. The van der Waals surface area contributed by atoms with E-state index < -0.39 is 18.0 Å². The van der Waals surface area contributed by atoms with Crippen molar-refractivity contribution in [1.29, 1.82) is 0 Å². The van der Waals surface area contributed by atoms with Crippen LogP contribution in [0.3, 0.4) is 0 Å². The Balaban J connectivity index is 1.41. The number of halogens is 1. The fraction of sp³-hybridized carbons (Fsp3) is 0.200. The minimum absolute atomic E-state index is 0.195. The van der Waals surface area contributed by atoms with E-state index in [1.54, 1.807) is 47.1 Å². The predicted molar refractivity (Wildman–Crippen MR) is 114 cm³/mol. The number of nitrogens with one attached hydrogen (secondary N) is 1. The number of cyclic esters (lactones) is 1. The number of anilines is 2. The average Bonchev–Trinajstić information content (AvgIpc) is 3.30. The summed E-state index contributed by atoms with van der Waals surface area (Å²) in [5.41, 5.74) is 0.816. The minimum atomic E-state index is -0.557. The lowest BCUT2D eigenvalue weighted by molar-refractivity contribution is 0.0920. The van der Waals surface area contributed by atoms with Crippen molar-refractivity contribution in [3.05, 3.63) is 70.3 Å². The van der Waals surface area contributed by atoms with Gasteiger partial charge in [0.25, 0.3) is 5.91 Å². The highest BCUT2D eigenvalue weighted by Gasteiger charge is 2.33. The summed E-state index contributed by atoms with van der Waals surface area (Å²) in [6.07, 6.45) is 4.50. The van der Waals surface area contributed by atoms with E-state index in [2.05, 4.69) is 5.32 Å². The number of rotatable bonds is 5. The number of thioether (sulfide) groups is 1. The van der Waals surface area contributed by atoms with Gasteiger partial charge in [0, 0.05) is 18.2 Å². The van der Waals surface area contributed by atoms with Crippen LogP contribution in [0.15, 0.2) is 59.6 Å². The number of ether oxygens (including phenoxy) is 1. The first-order valence-electron chi connectivity index (χ1n) is 8.94. The first kappa shape index (κ1) is 19.5. The standard InChI is InChI=1S/C20H18FN3O3S2/c21-16-11-14(4-5-17(16)23-6-2-8-28-10-7-23)24-13-15(27-20(24)26)12-22-19(25)18-3-1-9-29-18/h1-7,9-11,15H,8,12-13H2,(H,22,25)/t15-/m0/s1. The topological polar surface area (TPSA) is 61.9 Å². The Kier molecular flexibility index (Phi) is 5.86. The summed E-state index contributed by atoms with van der Waals surface area (Å²) in [6, 6.07) is 8.17. The molecule has 2 aliphatic heterocycles. The molecule has 1 atom stereocenters. The minimum Gasteiger partial charge on any atom is -0.442 e. The van der Waals surface area contributed by atoms with Gasteiger partial charge in [0.05, 0.1) is 29.3 Å². The molecular formula is C20H18FN3O3S2. The molecule has 0 bridgehead atoms. The van der Waals surface area contributed by atoms with E-state index in [4.69, 9.17) is 4.74 Å². The number of hydrogen-bond acceptors (Lipinski definition) is 6. The Morgan fingerprint density at radius 2 is 2.21 bits per heavy atom. The molecule has 1 saturated heterocycles. The quantitative estimate of drug-likeness (QED) is 0.770. The maximum absolute atomic E-state index is 14.7. The second-order valence-electron chi connectivity index (χ2n) is 6.35. The van der Waals surface area contributed by atoms with Crippen LogP contribution in [0.5, 0.6) is 0 Å². The number of amides is 2. The van der Waals surface area contributed by atoms with Gasteiger partial charge in [-0.05, 0) is 35.1 Å². The Hall–Kier alpha value is -2.78. The molecular weight excluding hydrogens is 413 g/mol. The molecule has 150 valence electrons. The highest BCUT2D eigenvalue weighted by molar-refractivity contribution is 8.02. The average molecular weight is 432 g/mol. The molecule has 2 aromatic rings. The maximum atomic E-state index is 14.7. The van der Waals surface area contributed by atoms with Crippen LogP contribution in [0, 0.1) is 5.82 Å². The monoisotopic (exact) mass is 431 g/mol. The van der Waals surface area contributed by atoms with Gasteiger partial charge in [-0.25, -0.2) is 9.18 Å². The number of benzene rings is 1. The van der Waals surface area contributed by atoms with E-state index in [0.717, 1.165) is 5.75 Å². The molecule has 1 fully saturated rings. The van der Waals surface area contributed by atoms with Gasteiger partial charge in [0.2, 0.25) is 0 Å². The molecule has 1 aromatic heterocycles. The highest BCUT2D eigenvalue weighted by Crippen LogP contribution is 2.29. The summed E-state index contributed by atoms with van der Waals surface area (Å²) in [4.78, 5) is 27.9. The van der Waals surface area contributed by atoms with Crippen molar-refractivity contribution < 1.29 is 18.7 Å². The molecule has 0 saturated carbocycles. The van der Waals surface area contributed by atoms with E-state index in [0.29, 0.717) is 16.3 Å². The lowest BCUT2D eigenvalue weighted by atomic mass is 10.2. The zero-order valence-electron chi connectivity index (χ0n) is 15.3. The number of thiophene rings is 1. The van der Waals surface area contributed by atoms with Gasteiger partial charge in [0.15, 0.2) is 0 Å². The van der Waals surface area contributed by atoms with Crippen LogP contribution >= 0.6 is 23.1 Å². The smallest absolute Gasteiger partial charge is 0.414 e. The van der Waals surface area contributed by atoms with E-state index in [-0.39, 0.29) is 19.0 Å². The third-order valence-corrected chi connectivity index (χ3v) is 5.97. The fourth-order valence-electron chi connectivity index (χ4n) is 3.00. The third-order valence-electron chi connectivity index (χ3n) is 4.41. The van der Waals surface area contributed by atoms with E-state index >= 15 is 0 Å². The first-order valence-corrected chi connectivity index (χ1v) is 10.9. The van der Waals surface area contributed by atoms with E-state index in [1.807, 2.05) is 23.1 Å². The lowest BCUT2D eigenvalue weighted by Crippen LogP contribution is -2.34. The molecule has 29 heavy (non-hydrogen) atoms. The SMILES string of the molecule is O=C(NC[C@H]1CN(c2ccc(N3C=CCSC=C3)c(F)c2)C(=O)O1)c1cccs1. The zero-order chi connectivity index (χ0) is 20.2. The fourth-order valence-corrected chi connectivity index (χ4v) is 4.17. The second-order valence-corrected chi connectivity index (χ2v) is 8.24. The zero-order valence-corrected chi connectivity index (χ0v) is 16.9. The molecule has 2 amide bonds. The summed E-state index contributed by atoms with van der Waals surface area (Å²) < 4.78 is 20.0. The van der Waals surface area contributed by atoms with Crippen LogP contribution in [-0.2, 0) is 4.74 Å². The summed E-state index contributed by atoms with van der Waals surface area (Å²) in [5.74, 6) is 0.184. The largest absolute Gasteiger partial charge is 0.442 e. The molecule has 9 heteroatoms. The number of carbonyl (C=O) groups excluding carboxylic acids is 2. The van der Waals surface area contributed by atoms with Crippen LogP contribution < -0.4 is 15.1 Å². The Bertz CT molecular complexity index is 948. The Morgan fingerprint density at radius 3 is 3.00 bits per heavy atom. The summed E-state index contributed by atoms with van der Waals surface area (Å²) >= 11 is 2.96. The lowest BCUT2D eigenvalue weighted by Gasteiger charge is -2.18. The van der Waals surface area contributed by atoms with E-state index in [1.165, 1.54) is 22.3 Å². The van der Waals surface area contributed by atoms with Gasteiger partial charge in [0.1, 0.15) is 11.9 Å². The summed E-state index contributed by atoms with van der Waals surface area (Å²) in [7, 11) is 0. The molecule has 4 rings (SSSR count).